The predicted molar refractivity (Wildman–Crippen MR) is 125 cm³/mol. The van der Waals surface area contributed by atoms with E-state index in [0.717, 1.165) is 11.1 Å². The SMILES string of the molecule is O=Cc1ccc(C=CCCNC(=O)OCC2c3ccccc3-c3ccccc32)cc1[N+](=O)[O-]. The van der Waals surface area contributed by atoms with Crippen LogP contribution in [0.4, 0.5) is 10.5 Å². The number of nitro benzene ring substituents is 1. The first-order valence-electron chi connectivity index (χ1n) is 10.6. The Kier molecular flexibility index (Phi) is 6.59. The summed E-state index contributed by atoms with van der Waals surface area (Å²) in [5, 5.41) is 13.8. The second-order valence-electron chi connectivity index (χ2n) is 7.64. The van der Waals surface area contributed by atoms with Gasteiger partial charge in [-0.25, -0.2) is 4.79 Å². The van der Waals surface area contributed by atoms with Crippen LogP contribution < -0.4 is 5.32 Å². The Balaban J connectivity index is 1.28. The summed E-state index contributed by atoms with van der Waals surface area (Å²) in [5.74, 6) is 0.00757. The van der Waals surface area contributed by atoms with Gasteiger partial charge in [0, 0.05) is 18.5 Å². The molecule has 7 nitrogen and oxygen atoms in total. The average Bonchev–Trinajstić information content (AvgIpc) is 3.16. The van der Waals surface area contributed by atoms with E-state index in [9.17, 15) is 19.7 Å². The molecule has 0 saturated heterocycles. The number of alkyl carbamates (subject to hydrolysis) is 1. The Hall–Kier alpha value is -4.26. The molecule has 1 N–H and O–H groups in total. The van der Waals surface area contributed by atoms with Crippen LogP contribution in [0.5, 0.6) is 0 Å². The molecule has 0 aliphatic heterocycles. The Labute approximate surface area is 190 Å². The van der Waals surface area contributed by atoms with Gasteiger partial charge in [-0.1, -0.05) is 66.7 Å². The number of nitrogens with one attached hydrogen (secondary N) is 1. The van der Waals surface area contributed by atoms with E-state index < -0.39 is 11.0 Å². The summed E-state index contributed by atoms with van der Waals surface area (Å²) in [4.78, 5) is 33.5. The fourth-order valence-corrected chi connectivity index (χ4v) is 4.05. The van der Waals surface area contributed by atoms with Crippen molar-refractivity contribution in [3.05, 3.63) is 105 Å². The minimum atomic E-state index is -0.584. The van der Waals surface area contributed by atoms with Crippen LogP contribution >= 0.6 is 0 Å². The van der Waals surface area contributed by atoms with E-state index >= 15 is 0 Å². The molecule has 33 heavy (non-hydrogen) atoms. The van der Waals surface area contributed by atoms with E-state index in [1.54, 1.807) is 18.2 Å². The summed E-state index contributed by atoms with van der Waals surface area (Å²) in [6.45, 7) is 0.615. The van der Waals surface area contributed by atoms with Crippen LogP contribution in [-0.2, 0) is 4.74 Å². The van der Waals surface area contributed by atoms with Crippen LogP contribution in [0.2, 0.25) is 0 Å². The lowest BCUT2D eigenvalue weighted by atomic mass is 9.98. The third kappa shape index (κ3) is 4.82. The smallest absolute Gasteiger partial charge is 0.407 e. The number of rotatable bonds is 8. The van der Waals surface area contributed by atoms with Crippen molar-refractivity contribution in [1.82, 2.24) is 5.32 Å². The fraction of sp³-hybridized carbons (Fsp3) is 0.154. The Morgan fingerprint density at radius 1 is 1.03 bits per heavy atom. The van der Waals surface area contributed by atoms with Gasteiger partial charge in [-0.2, -0.15) is 0 Å². The molecule has 0 spiro atoms. The van der Waals surface area contributed by atoms with Crippen LogP contribution in [0.15, 0.2) is 72.8 Å². The van der Waals surface area contributed by atoms with Crippen molar-refractivity contribution in [3.8, 4) is 11.1 Å². The van der Waals surface area contributed by atoms with Crippen LogP contribution in [0.25, 0.3) is 17.2 Å². The molecule has 0 fully saturated rings. The van der Waals surface area contributed by atoms with Crippen molar-refractivity contribution in [1.29, 1.82) is 0 Å². The number of carbonyl (C=O) groups excluding carboxylic acids is 2. The summed E-state index contributed by atoms with van der Waals surface area (Å²) in [6, 6.07) is 20.7. The first-order chi connectivity index (χ1) is 16.1. The monoisotopic (exact) mass is 442 g/mol. The number of hydrogen-bond donors (Lipinski definition) is 1. The maximum absolute atomic E-state index is 12.2. The van der Waals surface area contributed by atoms with E-state index in [1.807, 2.05) is 24.3 Å². The summed E-state index contributed by atoms with van der Waals surface area (Å²) >= 11 is 0. The van der Waals surface area contributed by atoms with Crippen molar-refractivity contribution in [2.75, 3.05) is 13.2 Å². The Morgan fingerprint density at radius 3 is 2.33 bits per heavy atom. The summed E-state index contributed by atoms with van der Waals surface area (Å²) in [7, 11) is 0. The van der Waals surface area contributed by atoms with Crippen LogP contribution in [0.3, 0.4) is 0 Å². The van der Waals surface area contributed by atoms with E-state index in [-0.39, 0.29) is 23.8 Å². The first-order valence-corrected chi connectivity index (χ1v) is 10.6. The third-order valence-corrected chi connectivity index (χ3v) is 5.61. The zero-order valence-electron chi connectivity index (χ0n) is 17.8. The number of benzene rings is 3. The lowest BCUT2D eigenvalue weighted by molar-refractivity contribution is -0.385. The van der Waals surface area contributed by atoms with Gasteiger partial charge in [-0.3, -0.25) is 14.9 Å². The highest BCUT2D eigenvalue weighted by atomic mass is 16.6. The van der Waals surface area contributed by atoms with Gasteiger partial charge >= 0.3 is 6.09 Å². The van der Waals surface area contributed by atoms with Crippen LogP contribution in [-0.4, -0.2) is 30.5 Å². The highest BCUT2D eigenvalue weighted by molar-refractivity contribution is 5.82. The Morgan fingerprint density at radius 2 is 1.70 bits per heavy atom. The van der Waals surface area contributed by atoms with Gasteiger partial charge in [0.15, 0.2) is 6.29 Å². The van der Waals surface area contributed by atoms with E-state index in [0.29, 0.717) is 24.8 Å². The molecule has 166 valence electrons. The van der Waals surface area contributed by atoms with E-state index in [4.69, 9.17) is 4.74 Å². The molecule has 0 unspecified atom stereocenters. The molecule has 1 amide bonds. The van der Waals surface area contributed by atoms with E-state index in [2.05, 4.69) is 29.6 Å². The predicted octanol–water partition coefficient (Wildman–Crippen LogP) is 5.35. The number of aldehydes is 1. The Bertz CT molecular complexity index is 1190. The lowest BCUT2D eigenvalue weighted by Crippen LogP contribution is -2.26. The molecule has 0 aromatic heterocycles. The number of fused-ring (bicyclic) bond motifs is 3. The summed E-state index contributed by atoms with van der Waals surface area (Å²) in [6.07, 6.45) is 4.00. The van der Waals surface area contributed by atoms with Gasteiger partial charge in [0.25, 0.3) is 5.69 Å². The third-order valence-electron chi connectivity index (χ3n) is 5.61. The molecule has 7 heteroatoms. The quantitative estimate of drug-likeness (QED) is 0.219. The number of nitrogens with zero attached hydrogens (tertiary/aromatic N) is 1. The van der Waals surface area contributed by atoms with Gasteiger partial charge in [0.1, 0.15) is 6.61 Å². The van der Waals surface area contributed by atoms with Gasteiger partial charge < -0.3 is 10.1 Å². The van der Waals surface area contributed by atoms with Gasteiger partial charge in [0.2, 0.25) is 0 Å². The highest BCUT2D eigenvalue weighted by Gasteiger charge is 2.28. The van der Waals surface area contributed by atoms with Gasteiger partial charge in [0.05, 0.1) is 10.5 Å². The van der Waals surface area contributed by atoms with Gasteiger partial charge in [-0.15, -0.1) is 0 Å². The minimum Gasteiger partial charge on any atom is -0.449 e. The largest absolute Gasteiger partial charge is 0.449 e. The van der Waals surface area contributed by atoms with Crippen molar-refractivity contribution in [2.45, 2.75) is 12.3 Å². The first kappa shape index (κ1) is 22.0. The zero-order valence-corrected chi connectivity index (χ0v) is 17.8. The lowest BCUT2D eigenvalue weighted by Gasteiger charge is -2.14. The second-order valence-corrected chi connectivity index (χ2v) is 7.64. The minimum absolute atomic E-state index is 0.00757. The standard InChI is InChI=1S/C26H22N2O5/c29-16-19-13-12-18(15-25(19)28(31)32)7-5-6-14-27-26(30)33-17-24-22-10-3-1-8-20(22)21-9-2-4-11-23(21)24/h1-5,7-13,15-16,24H,6,14,17H2,(H,27,30). The second kappa shape index (κ2) is 9.91. The number of amides is 1. The zero-order chi connectivity index (χ0) is 23.2. The summed E-state index contributed by atoms with van der Waals surface area (Å²) < 4.78 is 5.49. The van der Waals surface area contributed by atoms with Gasteiger partial charge in [-0.05, 0) is 40.3 Å². The van der Waals surface area contributed by atoms with Crippen molar-refractivity contribution in [2.24, 2.45) is 0 Å². The molecule has 3 aromatic carbocycles. The molecular weight excluding hydrogens is 420 g/mol. The number of carbonyl (C=O) groups is 2. The molecule has 1 aliphatic rings. The van der Waals surface area contributed by atoms with Crippen molar-refractivity contribution < 1.29 is 19.2 Å². The van der Waals surface area contributed by atoms with Crippen LogP contribution in [0, 0.1) is 10.1 Å². The molecule has 1 aliphatic carbocycles. The average molecular weight is 442 g/mol. The maximum Gasteiger partial charge on any atom is 0.407 e. The number of ether oxygens (including phenoxy) is 1. The molecule has 3 aromatic rings. The molecule has 0 bridgehead atoms. The highest BCUT2D eigenvalue weighted by Crippen LogP contribution is 2.44. The topological polar surface area (TPSA) is 98.5 Å². The molecule has 0 atom stereocenters. The van der Waals surface area contributed by atoms with Crippen molar-refractivity contribution >= 4 is 24.1 Å². The van der Waals surface area contributed by atoms with Crippen molar-refractivity contribution in [3.63, 3.8) is 0 Å². The molecule has 0 radical (unpaired) electrons. The molecule has 0 saturated carbocycles. The van der Waals surface area contributed by atoms with E-state index in [1.165, 1.54) is 23.3 Å². The van der Waals surface area contributed by atoms with Crippen LogP contribution in [0.1, 0.15) is 39.4 Å². The normalized spacial score (nSPS) is 12.2. The summed E-state index contributed by atoms with van der Waals surface area (Å²) in [5.41, 5.74) is 5.07. The molecular formula is C26H22N2O5. The fourth-order valence-electron chi connectivity index (χ4n) is 4.05. The number of nitro groups is 1. The molecule has 4 rings (SSSR count). The maximum atomic E-state index is 12.2. The molecule has 0 heterocycles. The number of hydrogen-bond acceptors (Lipinski definition) is 5.